The van der Waals surface area contributed by atoms with Gasteiger partial charge in [0, 0.05) is 13.2 Å². The van der Waals surface area contributed by atoms with Gasteiger partial charge < -0.3 is 10.1 Å². The van der Waals surface area contributed by atoms with Crippen LogP contribution in [0.2, 0.25) is 0 Å². The largest absolute Gasteiger partial charge is 0.377 e. The molecule has 1 unspecified atom stereocenters. The van der Waals surface area contributed by atoms with Crippen molar-refractivity contribution >= 4 is 0 Å². The number of likely N-dealkylation sites (N-methyl/N-ethyl adjacent to an activating group) is 1. The Balaban J connectivity index is 2.39. The molecular formula is C15H25NO. The molecule has 0 aliphatic rings. The van der Waals surface area contributed by atoms with E-state index in [0.29, 0.717) is 5.92 Å². The van der Waals surface area contributed by atoms with Gasteiger partial charge in [-0.05, 0) is 30.5 Å². The Morgan fingerprint density at radius 2 is 1.94 bits per heavy atom. The van der Waals surface area contributed by atoms with Crippen LogP contribution in [0.15, 0.2) is 24.3 Å². The molecule has 0 fully saturated rings. The molecule has 2 nitrogen and oxygen atoms in total. The number of nitrogens with one attached hydrogen (secondary N) is 1. The molecule has 96 valence electrons. The maximum Gasteiger partial charge on any atom is 0.0716 e. The van der Waals surface area contributed by atoms with Gasteiger partial charge in [-0.15, -0.1) is 0 Å². The molecule has 0 saturated heterocycles. The molecule has 0 heterocycles. The first-order valence-corrected chi connectivity index (χ1v) is 6.59. The highest BCUT2D eigenvalue weighted by molar-refractivity contribution is 5.24. The van der Waals surface area contributed by atoms with Crippen LogP contribution in [0.25, 0.3) is 0 Å². The summed E-state index contributed by atoms with van der Waals surface area (Å²) in [6.07, 6.45) is 2.34. The number of rotatable bonds is 8. The van der Waals surface area contributed by atoms with Crippen molar-refractivity contribution in [3.05, 3.63) is 35.4 Å². The van der Waals surface area contributed by atoms with Crippen molar-refractivity contribution in [2.75, 3.05) is 20.2 Å². The molecule has 2 heteroatoms. The summed E-state index contributed by atoms with van der Waals surface area (Å²) in [7, 11) is 1.99. The Labute approximate surface area is 105 Å². The van der Waals surface area contributed by atoms with E-state index in [9.17, 15) is 0 Å². The lowest BCUT2D eigenvalue weighted by molar-refractivity contribution is 0.118. The lowest BCUT2D eigenvalue weighted by Gasteiger charge is -2.11. The van der Waals surface area contributed by atoms with Crippen molar-refractivity contribution < 1.29 is 4.74 Å². The summed E-state index contributed by atoms with van der Waals surface area (Å²) in [6, 6.07) is 8.77. The third-order valence-corrected chi connectivity index (χ3v) is 2.97. The van der Waals surface area contributed by atoms with E-state index in [0.717, 1.165) is 26.2 Å². The highest BCUT2D eigenvalue weighted by atomic mass is 16.5. The third kappa shape index (κ3) is 5.33. The van der Waals surface area contributed by atoms with E-state index in [1.807, 2.05) is 7.05 Å². The monoisotopic (exact) mass is 235 g/mol. The average molecular weight is 235 g/mol. The van der Waals surface area contributed by atoms with Crippen LogP contribution >= 0.6 is 0 Å². The zero-order valence-electron chi connectivity index (χ0n) is 11.3. The third-order valence-electron chi connectivity index (χ3n) is 2.97. The van der Waals surface area contributed by atoms with Gasteiger partial charge in [-0.3, -0.25) is 0 Å². The van der Waals surface area contributed by atoms with Crippen LogP contribution in [0.3, 0.4) is 0 Å². The number of hydrogen-bond donors (Lipinski definition) is 1. The standard InChI is InChI=1S/C15H25NO/c1-4-5-10-17-12-14-6-8-15(9-7-14)13(2)11-16-3/h6-9,13,16H,4-5,10-12H2,1-3H3. The van der Waals surface area contributed by atoms with E-state index < -0.39 is 0 Å². The van der Waals surface area contributed by atoms with Gasteiger partial charge in [0.25, 0.3) is 0 Å². The summed E-state index contributed by atoms with van der Waals surface area (Å²) in [5, 5.41) is 3.20. The van der Waals surface area contributed by atoms with Crippen LogP contribution in [0, 0.1) is 0 Å². The Morgan fingerprint density at radius 3 is 2.53 bits per heavy atom. The van der Waals surface area contributed by atoms with Gasteiger partial charge in [0.15, 0.2) is 0 Å². The van der Waals surface area contributed by atoms with Gasteiger partial charge in [0.2, 0.25) is 0 Å². The van der Waals surface area contributed by atoms with Crippen LogP contribution in [0.5, 0.6) is 0 Å². The van der Waals surface area contributed by atoms with Gasteiger partial charge >= 0.3 is 0 Å². The molecule has 0 amide bonds. The molecule has 0 aromatic heterocycles. The fourth-order valence-corrected chi connectivity index (χ4v) is 1.80. The van der Waals surface area contributed by atoms with Crippen molar-refractivity contribution in [1.82, 2.24) is 5.32 Å². The van der Waals surface area contributed by atoms with E-state index in [4.69, 9.17) is 4.74 Å². The summed E-state index contributed by atoms with van der Waals surface area (Å²) in [5.74, 6) is 0.565. The van der Waals surface area contributed by atoms with Crippen molar-refractivity contribution in [1.29, 1.82) is 0 Å². The Bertz CT molecular complexity index is 294. The molecule has 1 rings (SSSR count). The normalized spacial score (nSPS) is 12.6. The first kappa shape index (κ1) is 14.2. The molecule has 0 radical (unpaired) electrons. The lowest BCUT2D eigenvalue weighted by Crippen LogP contribution is -2.14. The molecule has 17 heavy (non-hydrogen) atoms. The molecule has 1 aromatic rings. The van der Waals surface area contributed by atoms with Gasteiger partial charge in [0.05, 0.1) is 6.61 Å². The number of benzene rings is 1. The summed E-state index contributed by atoms with van der Waals surface area (Å²) in [5.41, 5.74) is 2.65. The first-order valence-electron chi connectivity index (χ1n) is 6.59. The minimum Gasteiger partial charge on any atom is -0.377 e. The smallest absolute Gasteiger partial charge is 0.0716 e. The molecule has 1 atom stereocenters. The summed E-state index contributed by atoms with van der Waals surface area (Å²) < 4.78 is 5.60. The molecule has 0 bridgehead atoms. The molecule has 0 aliphatic carbocycles. The van der Waals surface area contributed by atoms with Crippen LogP contribution in [0.4, 0.5) is 0 Å². The van der Waals surface area contributed by atoms with Crippen molar-refractivity contribution in [2.24, 2.45) is 0 Å². The van der Waals surface area contributed by atoms with Crippen LogP contribution < -0.4 is 5.32 Å². The zero-order chi connectivity index (χ0) is 12.5. The fraction of sp³-hybridized carbons (Fsp3) is 0.600. The Kier molecular flexibility index (Phi) is 6.90. The molecule has 0 aliphatic heterocycles. The van der Waals surface area contributed by atoms with Gasteiger partial charge in [-0.1, -0.05) is 44.5 Å². The second kappa shape index (κ2) is 8.26. The van der Waals surface area contributed by atoms with E-state index in [-0.39, 0.29) is 0 Å². The maximum absolute atomic E-state index is 5.60. The zero-order valence-corrected chi connectivity index (χ0v) is 11.3. The highest BCUT2D eigenvalue weighted by Crippen LogP contribution is 2.15. The van der Waals surface area contributed by atoms with E-state index in [1.165, 1.54) is 17.5 Å². The Morgan fingerprint density at radius 1 is 1.24 bits per heavy atom. The van der Waals surface area contributed by atoms with Crippen LogP contribution in [0.1, 0.15) is 43.7 Å². The predicted molar refractivity (Wildman–Crippen MR) is 73.3 cm³/mol. The summed E-state index contributed by atoms with van der Waals surface area (Å²) >= 11 is 0. The topological polar surface area (TPSA) is 21.3 Å². The molecule has 1 N–H and O–H groups in total. The second-order valence-electron chi connectivity index (χ2n) is 4.61. The number of unbranched alkanes of at least 4 members (excludes halogenated alkanes) is 1. The van der Waals surface area contributed by atoms with E-state index >= 15 is 0 Å². The summed E-state index contributed by atoms with van der Waals surface area (Å²) in [4.78, 5) is 0. The van der Waals surface area contributed by atoms with Crippen molar-refractivity contribution in [2.45, 2.75) is 39.2 Å². The minimum absolute atomic E-state index is 0.565. The Hall–Kier alpha value is -0.860. The van der Waals surface area contributed by atoms with Crippen LogP contribution in [-0.4, -0.2) is 20.2 Å². The fourth-order valence-electron chi connectivity index (χ4n) is 1.80. The maximum atomic E-state index is 5.60. The molecule has 0 spiro atoms. The van der Waals surface area contributed by atoms with Gasteiger partial charge in [0.1, 0.15) is 0 Å². The average Bonchev–Trinajstić information content (AvgIpc) is 2.36. The van der Waals surface area contributed by atoms with Crippen molar-refractivity contribution in [3.8, 4) is 0 Å². The van der Waals surface area contributed by atoms with E-state index in [1.54, 1.807) is 0 Å². The van der Waals surface area contributed by atoms with Crippen LogP contribution in [-0.2, 0) is 11.3 Å². The first-order chi connectivity index (χ1) is 8.27. The predicted octanol–water partition coefficient (Wildman–Crippen LogP) is 3.33. The second-order valence-corrected chi connectivity index (χ2v) is 4.61. The van der Waals surface area contributed by atoms with E-state index in [2.05, 4.69) is 43.4 Å². The number of ether oxygens (including phenoxy) is 1. The SMILES string of the molecule is CCCCOCc1ccc(C(C)CNC)cc1. The number of hydrogen-bond acceptors (Lipinski definition) is 2. The van der Waals surface area contributed by atoms with Gasteiger partial charge in [-0.2, -0.15) is 0 Å². The highest BCUT2D eigenvalue weighted by Gasteiger charge is 2.03. The molecule has 0 saturated carbocycles. The molecular weight excluding hydrogens is 210 g/mol. The summed E-state index contributed by atoms with van der Waals surface area (Å²) in [6.45, 7) is 7.05. The molecule has 1 aromatic carbocycles. The lowest BCUT2D eigenvalue weighted by atomic mass is 10.00. The quantitative estimate of drug-likeness (QED) is 0.698. The van der Waals surface area contributed by atoms with Crippen molar-refractivity contribution in [3.63, 3.8) is 0 Å². The minimum atomic E-state index is 0.565. The van der Waals surface area contributed by atoms with Gasteiger partial charge in [-0.25, -0.2) is 0 Å².